The Morgan fingerprint density at radius 2 is 1.62 bits per heavy atom. The van der Waals surface area contributed by atoms with Crippen LogP contribution in [-0.4, -0.2) is 29.3 Å². The summed E-state index contributed by atoms with van der Waals surface area (Å²) in [6.07, 6.45) is -0.430. The zero-order valence-electron chi connectivity index (χ0n) is 11.2. The first-order valence-electron chi connectivity index (χ1n) is 6.75. The second-order valence-corrected chi connectivity index (χ2v) is 5.30. The number of carbonyl (C=O) groups is 3. The van der Waals surface area contributed by atoms with E-state index in [1.54, 1.807) is 24.3 Å². The number of aliphatic hydroxyl groups is 1. The van der Waals surface area contributed by atoms with Crippen LogP contribution in [0, 0.1) is 0 Å². The van der Waals surface area contributed by atoms with Crippen LogP contribution in [0.5, 0.6) is 0 Å². The first-order valence-corrected chi connectivity index (χ1v) is 6.75. The predicted octanol–water partition coefficient (Wildman–Crippen LogP) is 0.983. The summed E-state index contributed by atoms with van der Waals surface area (Å²) in [5, 5.41) is 9.46. The van der Waals surface area contributed by atoms with E-state index in [9.17, 15) is 19.5 Å². The molecule has 2 saturated heterocycles. The average molecular weight is 290 g/mol. The molecule has 3 rings (SSSR count). The Morgan fingerprint density at radius 3 is 2.19 bits per heavy atom. The molecular weight excluding hydrogens is 276 g/mol. The third-order valence-electron chi connectivity index (χ3n) is 3.85. The molecule has 1 N–H and O–H groups in total. The lowest BCUT2D eigenvalue weighted by atomic mass is 9.88. The normalized spacial score (nSPS) is 29.2. The van der Waals surface area contributed by atoms with Gasteiger partial charge in [0.15, 0.2) is 0 Å². The Balaban J connectivity index is 1.76. The second-order valence-electron chi connectivity index (χ2n) is 5.30. The number of hydrogen-bond acceptors (Lipinski definition) is 6. The van der Waals surface area contributed by atoms with Crippen LogP contribution in [0.25, 0.3) is 0 Å². The maximum absolute atomic E-state index is 11.5. The molecule has 2 aliphatic heterocycles. The van der Waals surface area contributed by atoms with Crippen LogP contribution < -0.4 is 0 Å². The van der Waals surface area contributed by atoms with Crippen molar-refractivity contribution < 1.29 is 29.0 Å². The molecule has 0 amide bonds. The fraction of sp³-hybridized carbons (Fsp3) is 0.400. The number of cyclic esters (lactones) is 3. The van der Waals surface area contributed by atoms with Crippen molar-refractivity contribution in [3.63, 3.8) is 0 Å². The van der Waals surface area contributed by atoms with E-state index < -0.39 is 30.1 Å². The number of hydrogen-bond donors (Lipinski definition) is 1. The quantitative estimate of drug-likeness (QED) is 0.645. The predicted molar refractivity (Wildman–Crippen MR) is 69.0 cm³/mol. The number of aliphatic hydroxyl groups excluding tert-OH is 1. The van der Waals surface area contributed by atoms with Crippen LogP contribution in [-0.2, 0) is 23.9 Å². The highest BCUT2D eigenvalue weighted by atomic mass is 16.6. The van der Waals surface area contributed by atoms with Gasteiger partial charge in [-0.15, -0.1) is 0 Å². The monoisotopic (exact) mass is 290 g/mol. The summed E-state index contributed by atoms with van der Waals surface area (Å²) < 4.78 is 9.22. The highest BCUT2D eigenvalue weighted by molar-refractivity contribution is 5.97. The third-order valence-corrected chi connectivity index (χ3v) is 3.85. The van der Waals surface area contributed by atoms with Crippen LogP contribution in [0.15, 0.2) is 24.3 Å². The lowest BCUT2D eigenvalue weighted by molar-refractivity contribution is -0.178. The zero-order valence-corrected chi connectivity index (χ0v) is 11.2. The molecule has 21 heavy (non-hydrogen) atoms. The smallest absolute Gasteiger partial charge is 0.321 e. The minimum absolute atomic E-state index is 0.0622. The van der Waals surface area contributed by atoms with E-state index in [4.69, 9.17) is 0 Å². The van der Waals surface area contributed by atoms with E-state index in [2.05, 4.69) is 9.47 Å². The molecule has 1 aromatic carbocycles. The van der Waals surface area contributed by atoms with Gasteiger partial charge in [-0.3, -0.25) is 14.4 Å². The molecule has 3 atom stereocenters. The van der Waals surface area contributed by atoms with Gasteiger partial charge in [0.2, 0.25) is 6.29 Å². The van der Waals surface area contributed by atoms with Gasteiger partial charge in [0, 0.05) is 12.3 Å². The second kappa shape index (κ2) is 5.29. The summed E-state index contributed by atoms with van der Waals surface area (Å²) in [6, 6.07) is 7.13. The molecule has 6 heteroatoms. The number of carbonyl (C=O) groups excluding carboxylic acids is 3. The molecule has 2 aliphatic rings. The van der Waals surface area contributed by atoms with Gasteiger partial charge in [-0.1, -0.05) is 24.3 Å². The lowest BCUT2D eigenvalue weighted by Crippen LogP contribution is -2.28. The van der Waals surface area contributed by atoms with Gasteiger partial charge in [0.1, 0.15) is 0 Å². The van der Waals surface area contributed by atoms with Gasteiger partial charge in [0.05, 0.1) is 18.8 Å². The average Bonchev–Trinajstić information content (AvgIpc) is 2.77. The van der Waals surface area contributed by atoms with Crippen LogP contribution >= 0.6 is 0 Å². The number of benzene rings is 1. The Morgan fingerprint density at radius 1 is 0.952 bits per heavy atom. The maximum Gasteiger partial charge on any atom is 0.321 e. The minimum atomic E-state index is -1.07. The van der Waals surface area contributed by atoms with E-state index in [0.717, 1.165) is 5.56 Å². The topological polar surface area (TPSA) is 89.9 Å². The minimum Gasteiger partial charge on any atom is -0.436 e. The van der Waals surface area contributed by atoms with Gasteiger partial charge in [0.25, 0.3) is 0 Å². The molecule has 3 unspecified atom stereocenters. The molecule has 0 radical (unpaired) electrons. The highest BCUT2D eigenvalue weighted by Gasteiger charge is 2.35. The Bertz CT molecular complexity index is 591. The molecule has 0 spiro atoms. The van der Waals surface area contributed by atoms with E-state index in [1.807, 2.05) is 0 Å². The summed E-state index contributed by atoms with van der Waals surface area (Å²) in [4.78, 5) is 34.0. The van der Waals surface area contributed by atoms with E-state index in [1.165, 1.54) is 0 Å². The summed E-state index contributed by atoms with van der Waals surface area (Å²) >= 11 is 0. The van der Waals surface area contributed by atoms with Crippen LogP contribution in [0.1, 0.15) is 42.2 Å². The number of ether oxygens (including phenoxy) is 2. The molecule has 0 aromatic heterocycles. The molecular formula is C15H14O6. The van der Waals surface area contributed by atoms with Crippen molar-refractivity contribution in [1.82, 2.24) is 0 Å². The molecule has 0 bridgehead atoms. The van der Waals surface area contributed by atoms with E-state index in [-0.39, 0.29) is 18.8 Å². The van der Waals surface area contributed by atoms with E-state index in [0.29, 0.717) is 12.0 Å². The van der Waals surface area contributed by atoms with Crippen molar-refractivity contribution in [1.29, 1.82) is 0 Å². The fourth-order valence-electron chi connectivity index (χ4n) is 2.76. The van der Waals surface area contributed by atoms with Crippen molar-refractivity contribution in [2.45, 2.75) is 37.4 Å². The SMILES string of the molecule is O=C1CC(c2ccc(C3CC(=O)OC(O)C3)cc2)C(=O)O1. The van der Waals surface area contributed by atoms with Gasteiger partial charge >= 0.3 is 17.9 Å². The first kappa shape index (κ1) is 13.8. The molecule has 0 saturated carbocycles. The zero-order chi connectivity index (χ0) is 15.0. The molecule has 2 heterocycles. The van der Waals surface area contributed by atoms with Gasteiger partial charge in [-0.2, -0.15) is 0 Å². The molecule has 6 nitrogen and oxygen atoms in total. The molecule has 0 aliphatic carbocycles. The highest BCUT2D eigenvalue weighted by Crippen LogP contribution is 2.32. The van der Waals surface area contributed by atoms with Crippen molar-refractivity contribution in [2.24, 2.45) is 0 Å². The molecule has 2 fully saturated rings. The Kier molecular flexibility index (Phi) is 3.47. The summed E-state index contributed by atoms with van der Waals surface area (Å²) in [5.74, 6) is -2.11. The largest absolute Gasteiger partial charge is 0.436 e. The lowest BCUT2D eigenvalue weighted by Gasteiger charge is -2.25. The van der Waals surface area contributed by atoms with Crippen LogP contribution in [0.4, 0.5) is 0 Å². The Hall–Kier alpha value is -2.21. The van der Waals surface area contributed by atoms with Gasteiger partial charge < -0.3 is 14.6 Å². The van der Waals surface area contributed by atoms with Gasteiger partial charge in [-0.25, -0.2) is 0 Å². The van der Waals surface area contributed by atoms with Crippen LogP contribution in [0.3, 0.4) is 0 Å². The van der Waals surface area contributed by atoms with Crippen molar-refractivity contribution in [3.05, 3.63) is 35.4 Å². The molecule has 110 valence electrons. The van der Waals surface area contributed by atoms with Crippen LogP contribution in [0.2, 0.25) is 0 Å². The van der Waals surface area contributed by atoms with Gasteiger partial charge in [-0.05, 0) is 11.1 Å². The Labute approximate surface area is 120 Å². The maximum atomic E-state index is 11.5. The van der Waals surface area contributed by atoms with Crippen molar-refractivity contribution in [2.75, 3.05) is 0 Å². The summed E-state index contributed by atoms with van der Waals surface area (Å²) in [7, 11) is 0. The number of esters is 3. The van der Waals surface area contributed by atoms with Crippen molar-refractivity contribution >= 4 is 17.9 Å². The standard InChI is InChI=1S/C15H14O6/c16-12-5-10(6-13(17)20-12)8-1-3-9(4-2-8)11-7-14(18)21-15(11)19/h1-4,10-12,16H,5-7H2. The van der Waals surface area contributed by atoms with E-state index >= 15 is 0 Å². The van der Waals surface area contributed by atoms with Crippen molar-refractivity contribution in [3.8, 4) is 0 Å². The first-order chi connectivity index (χ1) is 10.0. The molecule has 1 aromatic rings. The third kappa shape index (κ3) is 2.80. The fourth-order valence-corrected chi connectivity index (χ4v) is 2.76. The summed E-state index contributed by atoms with van der Waals surface area (Å²) in [5.41, 5.74) is 1.61. The summed E-state index contributed by atoms with van der Waals surface area (Å²) in [6.45, 7) is 0. The number of rotatable bonds is 2.